The van der Waals surface area contributed by atoms with Gasteiger partial charge in [0, 0.05) is 20.2 Å². The summed E-state index contributed by atoms with van der Waals surface area (Å²) in [5.41, 5.74) is 0. The Morgan fingerprint density at radius 1 is 0.893 bits per heavy atom. The van der Waals surface area contributed by atoms with Gasteiger partial charge in [0.2, 0.25) is 0 Å². The van der Waals surface area contributed by atoms with Crippen molar-refractivity contribution in [2.24, 2.45) is 23.7 Å². The quantitative estimate of drug-likeness (QED) is 0.297. The summed E-state index contributed by atoms with van der Waals surface area (Å²) in [6.07, 6.45) is 7.61. The Morgan fingerprint density at radius 2 is 1.39 bits per heavy atom. The minimum absolute atomic E-state index is 0.285. The average molecular weight is 420 g/mol. The topological polar surface area (TPSA) is 30.9 Å². The molecule has 1 aliphatic rings. The summed E-state index contributed by atoms with van der Waals surface area (Å²) in [5.74, 6) is 2.95. The highest BCUT2D eigenvalue weighted by atomic mass is 31.2. The van der Waals surface area contributed by atoms with E-state index in [0.29, 0.717) is 5.92 Å². The molecule has 1 saturated heterocycles. The van der Waals surface area contributed by atoms with Crippen molar-refractivity contribution in [3.63, 3.8) is 0 Å². The van der Waals surface area contributed by atoms with Crippen molar-refractivity contribution in [1.29, 1.82) is 0 Å². The molecule has 1 aliphatic heterocycles. The number of piperidine rings is 1. The third-order valence-electron chi connectivity index (χ3n) is 5.63. The van der Waals surface area contributed by atoms with Gasteiger partial charge in [-0.2, -0.15) is 0 Å². The summed E-state index contributed by atoms with van der Waals surface area (Å²) in [6.45, 7) is 18.7. The van der Waals surface area contributed by atoms with E-state index in [1.165, 1.54) is 25.7 Å². The van der Waals surface area contributed by atoms with Crippen LogP contribution in [0.3, 0.4) is 0 Å². The van der Waals surface area contributed by atoms with E-state index in [4.69, 9.17) is 13.6 Å². The third-order valence-corrected chi connectivity index (χ3v) is 6.75. The van der Waals surface area contributed by atoms with Crippen molar-refractivity contribution in [2.75, 3.05) is 33.9 Å². The highest BCUT2D eigenvalue weighted by Crippen LogP contribution is 2.42. The van der Waals surface area contributed by atoms with Crippen molar-refractivity contribution >= 4 is 8.60 Å². The Balaban J connectivity index is 0.00000352. The summed E-state index contributed by atoms with van der Waals surface area (Å²) in [7, 11) is 2.66. The standard InChI is InChI=1S/C21H44NO3P.C2H6/c1-8-17(2)13-18(3)14-19(4)15-20(5)16-24-26(23-7)25-21-9-11-22(6)12-10-21;1-2/h17-21H,8-16H2,1-7H3;1-2H3. The molecule has 170 valence electrons. The molecule has 0 bridgehead atoms. The van der Waals surface area contributed by atoms with E-state index in [1.807, 2.05) is 13.8 Å². The van der Waals surface area contributed by atoms with Gasteiger partial charge in [0.25, 0.3) is 0 Å². The maximum Gasteiger partial charge on any atom is 0.332 e. The maximum absolute atomic E-state index is 6.06. The number of nitrogens with zero attached hydrogens (tertiary/aromatic N) is 1. The van der Waals surface area contributed by atoms with Crippen LogP contribution in [0.25, 0.3) is 0 Å². The Kier molecular flexibility index (Phi) is 17.2. The molecule has 0 N–H and O–H groups in total. The largest absolute Gasteiger partial charge is 0.332 e. The Morgan fingerprint density at radius 3 is 1.89 bits per heavy atom. The smallest absolute Gasteiger partial charge is 0.316 e. The van der Waals surface area contributed by atoms with E-state index in [0.717, 1.165) is 50.3 Å². The first-order valence-corrected chi connectivity index (χ1v) is 12.8. The molecule has 5 unspecified atom stereocenters. The van der Waals surface area contributed by atoms with Gasteiger partial charge in [-0.15, -0.1) is 0 Å². The van der Waals surface area contributed by atoms with Crippen LogP contribution in [0, 0.1) is 23.7 Å². The van der Waals surface area contributed by atoms with Crippen LogP contribution in [0.15, 0.2) is 0 Å². The summed E-state index contributed by atoms with van der Waals surface area (Å²) in [5, 5.41) is 0. The second-order valence-corrected chi connectivity index (χ2v) is 10.1. The summed E-state index contributed by atoms with van der Waals surface area (Å²) < 4.78 is 17.5. The number of rotatable bonds is 13. The summed E-state index contributed by atoms with van der Waals surface area (Å²) in [4.78, 5) is 2.35. The van der Waals surface area contributed by atoms with Gasteiger partial charge < -0.3 is 18.5 Å². The highest BCUT2D eigenvalue weighted by Gasteiger charge is 2.23. The van der Waals surface area contributed by atoms with E-state index in [-0.39, 0.29) is 6.10 Å². The number of hydrogen-bond acceptors (Lipinski definition) is 4. The SMILES string of the molecule is CC.CCC(C)CC(C)CC(C)CC(C)COP(OC)OC1CCN(C)CC1. The van der Waals surface area contributed by atoms with Crippen molar-refractivity contribution in [3.8, 4) is 0 Å². The van der Waals surface area contributed by atoms with Crippen LogP contribution < -0.4 is 0 Å². The molecule has 28 heavy (non-hydrogen) atoms. The number of hydrogen-bond donors (Lipinski definition) is 0. The summed E-state index contributed by atoms with van der Waals surface area (Å²) >= 11 is 0. The lowest BCUT2D eigenvalue weighted by atomic mass is 9.85. The molecule has 0 aliphatic carbocycles. The molecule has 0 amide bonds. The lowest BCUT2D eigenvalue weighted by Crippen LogP contribution is -2.33. The minimum atomic E-state index is -1.20. The highest BCUT2D eigenvalue weighted by molar-refractivity contribution is 7.41. The molecule has 5 heteroatoms. The first-order valence-electron chi connectivity index (χ1n) is 11.7. The van der Waals surface area contributed by atoms with Crippen LogP contribution in [-0.2, 0) is 13.6 Å². The van der Waals surface area contributed by atoms with Crippen molar-refractivity contribution < 1.29 is 13.6 Å². The predicted molar refractivity (Wildman–Crippen MR) is 124 cm³/mol. The molecule has 0 aromatic heterocycles. The van der Waals surface area contributed by atoms with Crippen LogP contribution in [0.2, 0.25) is 0 Å². The Hall–Kier alpha value is 0.270. The zero-order valence-electron chi connectivity index (χ0n) is 20.4. The fourth-order valence-corrected chi connectivity index (χ4v) is 5.10. The lowest BCUT2D eigenvalue weighted by Gasteiger charge is -2.30. The molecule has 0 spiro atoms. The van der Waals surface area contributed by atoms with Gasteiger partial charge in [0.05, 0.1) is 12.7 Å². The van der Waals surface area contributed by atoms with E-state index >= 15 is 0 Å². The van der Waals surface area contributed by atoms with Crippen LogP contribution in [0.1, 0.15) is 87.0 Å². The molecule has 0 radical (unpaired) electrons. The lowest BCUT2D eigenvalue weighted by molar-refractivity contribution is 0.0761. The molecule has 5 atom stereocenters. The van der Waals surface area contributed by atoms with E-state index < -0.39 is 8.60 Å². The molecule has 1 rings (SSSR count). The second kappa shape index (κ2) is 17.0. The van der Waals surface area contributed by atoms with E-state index in [2.05, 4.69) is 46.6 Å². The van der Waals surface area contributed by atoms with Crippen molar-refractivity contribution in [1.82, 2.24) is 4.90 Å². The fourth-order valence-electron chi connectivity index (χ4n) is 4.01. The van der Waals surface area contributed by atoms with Gasteiger partial charge in [-0.05, 0) is 62.8 Å². The minimum Gasteiger partial charge on any atom is -0.316 e. The van der Waals surface area contributed by atoms with Crippen LogP contribution >= 0.6 is 8.60 Å². The zero-order chi connectivity index (χ0) is 21.5. The number of likely N-dealkylation sites (tertiary alicyclic amines) is 1. The predicted octanol–water partition coefficient (Wildman–Crippen LogP) is 7.14. The monoisotopic (exact) mass is 419 g/mol. The van der Waals surface area contributed by atoms with E-state index in [9.17, 15) is 0 Å². The fraction of sp³-hybridized carbons (Fsp3) is 1.00. The Bertz CT molecular complexity index is 351. The van der Waals surface area contributed by atoms with Gasteiger partial charge in [-0.3, -0.25) is 0 Å². The summed E-state index contributed by atoms with van der Waals surface area (Å²) in [6, 6.07) is 0. The van der Waals surface area contributed by atoms with Gasteiger partial charge in [0.15, 0.2) is 0 Å². The van der Waals surface area contributed by atoms with Crippen LogP contribution in [0.4, 0.5) is 0 Å². The third kappa shape index (κ3) is 13.5. The molecular formula is C23H50NO3P. The maximum atomic E-state index is 6.06. The van der Waals surface area contributed by atoms with Crippen LogP contribution in [0.5, 0.6) is 0 Å². The van der Waals surface area contributed by atoms with Crippen molar-refractivity contribution in [2.45, 2.75) is 93.1 Å². The molecule has 1 fully saturated rings. The molecule has 0 saturated carbocycles. The average Bonchev–Trinajstić information content (AvgIpc) is 2.67. The van der Waals surface area contributed by atoms with Gasteiger partial charge >= 0.3 is 8.60 Å². The van der Waals surface area contributed by atoms with Gasteiger partial charge in [-0.25, -0.2) is 0 Å². The molecular weight excluding hydrogens is 369 g/mol. The molecule has 4 nitrogen and oxygen atoms in total. The first-order chi connectivity index (χ1) is 13.3. The van der Waals surface area contributed by atoms with Crippen molar-refractivity contribution in [3.05, 3.63) is 0 Å². The van der Waals surface area contributed by atoms with Gasteiger partial charge in [-0.1, -0.05) is 54.9 Å². The zero-order valence-corrected chi connectivity index (χ0v) is 21.3. The van der Waals surface area contributed by atoms with Gasteiger partial charge in [0.1, 0.15) is 0 Å². The van der Waals surface area contributed by atoms with Crippen LogP contribution in [-0.4, -0.2) is 44.9 Å². The van der Waals surface area contributed by atoms with E-state index in [1.54, 1.807) is 7.11 Å². The molecule has 1 heterocycles. The first kappa shape index (κ1) is 28.3. The normalized spacial score (nSPS) is 21.3. The molecule has 0 aromatic carbocycles. The molecule has 0 aromatic rings. The Labute approximate surface area is 178 Å². The second-order valence-electron chi connectivity index (χ2n) is 8.85.